The van der Waals surface area contributed by atoms with Crippen molar-refractivity contribution >= 4 is 17.5 Å². The first-order valence-corrected chi connectivity index (χ1v) is 12.2. The number of halogens is 4. The number of fused-ring (bicyclic) bond motifs is 3. The third-order valence-corrected chi connectivity index (χ3v) is 7.63. The molecule has 2 bridgehead atoms. The van der Waals surface area contributed by atoms with Crippen LogP contribution in [-0.2, 0) is 14.3 Å². The van der Waals surface area contributed by atoms with E-state index in [1.54, 1.807) is 18.2 Å². The molecule has 13 heteroatoms. The monoisotopic (exact) mass is 529 g/mol. The molecule has 2 N–H and O–H groups in total. The zero-order valence-electron chi connectivity index (χ0n) is 18.8. The predicted molar refractivity (Wildman–Crippen MR) is 115 cm³/mol. The number of rotatable bonds is 5. The van der Waals surface area contributed by atoms with Crippen LogP contribution >= 0.6 is 11.6 Å². The molecule has 6 rings (SSSR count). The van der Waals surface area contributed by atoms with Crippen molar-refractivity contribution in [2.75, 3.05) is 0 Å². The summed E-state index contributed by atoms with van der Waals surface area (Å²) in [6.45, 7) is 0. The van der Waals surface area contributed by atoms with Crippen LogP contribution in [0.5, 0.6) is 5.75 Å². The summed E-state index contributed by atoms with van der Waals surface area (Å²) < 4.78 is 58.6. The topological polar surface area (TPSA) is 116 Å². The van der Waals surface area contributed by atoms with E-state index in [2.05, 4.69) is 20.3 Å². The molecule has 0 radical (unpaired) electrons. The summed E-state index contributed by atoms with van der Waals surface area (Å²) >= 11 is 5.98. The van der Waals surface area contributed by atoms with Crippen LogP contribution in [0.15, 0.2) is 22.6 Å². The second-order valence-electron chi connectivity index (χ2n) is 9.78. The zero-order chi connectivity index (χ0) is 25.2. The van der Waals surface area contributed by atoms with Crippen molar-refractivity contribution < 1.29 is 41.7 Å². The average Bonchev–Trinajstić information content (AvgIpc) is 3.51. The maximum atomic E-state index is 12.9. The van der Waals surface area contributed by atoms with Gasteiger partial charge in [-0.1, -0.05) is 11.6 Å². The van der Waals surface area contributed by atoms with Gasteiger partial charge < -0.3 is 24.3 Å². The van der Waals surface area contributed by atoms with E-state index in [0.29, 0.717) is 41.0 Å². The largest absolute Gasteiger partial charge is 0.522 e. The fraction of sp³-hybridized carbons (Fsp3) is 0.609. The van der Waals surface area contributed by atoms with E-state index in [4.69, 9.17) is 25.5 Å². The minimum atomic E-state index is -4.65. The molecule has 1 aliphatic carbocycles. The first kappa shape index (κ1) is 24.0. The summed E-state index contributed by atoms with van der Waals surface area (Å²) in [5, 5.41) is 22.0. The summed E-state index contributed by atoms with van der Waals surface area (Å²) in [6, 6.07) is 4.68. The molecule has 3 aliphatic heterocycles. The summed E-state index contributed by atoms with van der Waals surface area (Å²) in [7, 11) is 0. The molecule has 1 saturated carbocycles. The summed E-state index contributed by atoms with van der Waals surface area (Å²) in [5.74, 6) is 0.421. The standard InChI is InChI=1S/C23H23ClF3N3O6/c24-10-1-2-16-12(5-10)15(31)8-19(33-16)20(32)28-14-7-17-13(6-18(14)34-17)22-30-29-21(35-22)9-3-11(4-9)36-23(25,26)27/h1-2,5,9,11,13-15,17-19,31H,3-4,6-8H2,(H,28,32)/t9-,11+,13?,14?,15-,17?,18?,19+/m1/s1. The fourth-order valence-electron chi connectivity index (χ4n) is 5.54. The minimum absolute atomic E-state index is 0.115. The van der Waals surface area contributed by atoms with Gasteiger partial charge in [-0.05, 0) is 43.9 Å². The Bertz CT molecular complexity index is 1160. The van der Waals surface area contributed by atoms with Crippen molar-refractivity contribution in [2.24, 2.45) is 0 Å². The molecule has 0 spiro atoms. The molecule has 9 nitrogen and oxygen atoms in total. The smallest absolute Gasteiger partial charge is 0.480 e. The Morgan fingerprint density at radius 1 is 1.11 bits per heavy atom. The Kier molecular flexibility index (Phi) is 5.90. The number of benzene rings is 1. The highest BCUT2D eigenvalue weighted by Crippen LogP contribution is 2.46. The van der Waals surface area contributed by atoms with Gasteiger partial charge in [-0.2, -0.15) is 0 Å². The fourth-order valence-corrected chi connectivity index (χ4v) is 5.72. The van der Waals surface area contributed by atoms with Crippen LogP contribution in [0.4, 0.5) is 13.2 Å². The second kappa shape index (κ2) is 8.86. The van der Waals surface area contributed by atoms with Crippen LogP contribution in [-0.4, -0.2) is 58.0 Å². The van der Waals surface area contributed by atoms with E-state index < -0.39 is 24.7 Å². The normalized spacial score (nSPS) is 35.1. The van der Waals surface area contributed by atoms with Crippen LogP contribution < -0.4 is 10.1 Å². The number of nitrogens with one attached hydrogen (secondary N) is 1. The number of amides is 1. The van der Waals surface area contributed by atoms with Gasteiger partial charge in [0.1, 0.15) is 5.75 Å². The van der Waals surface area contributed by atoms with Gasteiger partial charge in [-0.25, -0.2) is 0 Å². The van der Waals surface area contributed by atoms with E-state index >= 15 is 0 Å². The van der Waals surface area contributed by atoms with Gasteiger partial charge in [0.15, 0.2) is 6.10 Å². The number of aliphatic hydroxyl groups excluding tert-OH is 1. The van der Waals surface area contributed by atoms with Gasteiger partial charge in [0.05, 0.1) is 36.4 Å². The lowest BCUT2D eigenvalue weighted by Gasteiger charge is -2.32. The Hall–Kier alpha value is -2.41. The van der Waals surface area contributed by atoms with Crippen molar-refractivity contribution in [3.05, 3.63) is 40.6 Å². The molecule has 2 saturated heterocycles. The van der Waals surface area contributed by atoms with Crippen LogP contribution in [0.3, 0.4) is 0 Å². The second-order valence-corrected chi connectivity index (χ2v) is 10.2. The van der Waals surface area contributed by atoms with Crippen molar-refractivity contribution in [2.45, 2.75) is 86.9 Å². The third kappa shape index (κ3) is 4.55. The van der Waals surface area contributed by atoms with E-state index in [9.17, 15) is 23.1 Å². The van der Waals surface area contributed by atoms with Crippen molar-refractivity contribution in [3.63, 3.8) is 0 Å². The molecule has 1 amide bonds. The van der Waals surface area contributed by atoms with Crippen LogP contribution in [0.2, 0.25) is 5.02 Å². The maximum Gasteiger partial charge on any atom is 0.522 e. The zero-order valence-corrected chi connectivity index (χ0v) is 19.5. The highest BCUT2D eigenvalue weighted by atomic mass is 35.5. The Morgan fingerprint density at radius 3 is 2.61 bits per heavy atom. The van der Waals surface area contributed by atoms with E-state index in [-0.39, 0.29) is 55.3 Å². The highest BCUT2D eigenvalue weighted by Gasteiger charge is 2.51. The molecule has 4 unspecified atom stereocenters. The van der Waals surface area contributed by atoms with Gasteiger partial charge in [0, 0.05) is 22.9 Å². The Balaban J connectivity index is 1.02. The van der Waals surface area contributed by atoms with E-state index in [0.717, 1.165) is 0 Å². The van der Waals surface area contributed by atoms with Gasteiger partial charge in [0.25, 0.3) is 5.91 Å². The molecule has 1 aromatic heterocycles. The molecular formula is C23H23ClF3N3O6. The number of carbonyl (C=O) groups excluding carboxylic acids is 1. The van der Waals surface area contributed by atoms with Crippen LogP contribution in [0.1, 0.15) is 67.4 Å². The molecule has 3 fully saturated rings. The molecule has 4 heterocycles. The van der Waals surface area contributed by atoms with Crippen molar-refractivity contribution in [1.82, 2.24) is 15.5 Å². The lowest BCUT2D eigenvalue weighted by Crippen LogP contribution is -2.49. The number of hydrogen-bond acceptors (Lipinski definition) is 8. The molecule has 4 aliphatic rings. The first-order valence-electron chi connectivity index (χ1n) is 11.8. The number of nitrogens with zero attached hydrogens (tertiary/aromatic N) is 2. The maximum absolute atomic E-state index is 12.9. The van der Waals surface area contributed by atoms with E-state index in [1.807, 2.05) is 0 Å². The number of alkyl halides is 3. The number of carbonyl (C=O) groups is 1. The van der Waals surface area contributed by atoms with Gasteiger partial charge in [-0.15, -0.1) is 23.4 Å². The summed E-state index contributed by atoms with van der Waals surface area (Å²) in [5.41, 5.74) is 0.557. The Labute approximate surface area is 208 Å². The minimum Gasteiger partial charge on any atom is -0.480 e. The predicted octanol–water partition coefficient (Wildman–Crippen LogP) is 3.52. The number of hydrogen-bond donors (Lipinski definition) is 2. The average molecular weight is 530 g/mol. The lowest BCUT2D eigenvalue weighted by molar-refractivity contribution is -0.352. The van der Waals surface area contributed by atoms with Crippen LogP contribution in [0, 0.1) is 0 Å². The SMILES string of the molecule is O=C(NC1CC2OC1CC2c1nnc([C@H]2C[C@@H](OC(F)(F)F)C2)o1)[C@@H]1C[C@@H](O)c2cc(Cl)ccc2O1. The van der Waals surface area contributed by atoms with Crippen molar-refractivity contribution in [1.29, 1.82) is 0 Å². The molecule has 6 atom stereocenters. The lowest BCUT2D eigenvalue weighted by atomic mass is 9.82. The van der Waals surface area contributed by atoms with Gasteiger partial charge in [0.2, 0.25) is 11.8 Å². The molecule has 194 valence electrons. The summed E-state index contributed by atoms with van der Waals surface area (Å²) in [4.78, 5) is 12.9. The number of aromatic nitrogens is 2. The molecule has 2 aromatic rings. The number of aliphatic hydroxyl groups is 1. The van der Waals surface area contributed by atoms with Gasteiger partial charge in [-0.3, -0.25) is 9.53 Å². The summed E-state index contributed by atoms with van der Waals surface area (Å²) in [6.07, 6.45) is -6.12. The first-order chi connectivity index (χ1) is 17.1. The number of ether oxygens (including phenoxy) is 3. The van der Waals surface area contributed by atoms with Gasteiger partial charge >= 0.3 is 6.36 Å². The van der Waals surface area contributed by atoms with E-state index in [1.165, 1.54) is 0 Å². The highest BCUT2D eigenvalue weighted by molar-refractivity contribution is 6.30. The third-order valence-electron chi connectivity index (χ3n) is 7.39. The molecule has 36 heavy (non-hydrogen) atoms. The molecule has 1 aromatic carbocycles. The molecular weight excluding hydrogens is 507 g/mol. The quantitative estimate of drug-likeness (QED) is 0.604. The van der Waals surface area contributed by atoms with Crippen LogP contribution in [0.25, 0.3) is 0 Å². The van der Waals surface area contributed by atoms with Crippen molar-refractivity contribution in [3.8, 4) is 5.75 Å². The Morgan fingerprint density at radius 2 is 1.89 bits per heavy atom.